The van der Waals surface area contributed by atoms with Crippen LogP contribution in [0.3, 0.4) is 0 Å². The van der Waals surface area contributed by atoms with Crippen molar-refractivity contribution in [2.24, 2.45) is 0 Å². The fraction of sp³-hybridized carbons (Fsp3) is 0.625. The van der Waals surface area contributed by atoms with Gasteiger partial charge in [0.1, 0.15) is 0 Å². The smallest absolute Gasteiger partial charge is 0.0642 e. The van der Waals surface area contributed by atoms with Crippen LogP contribution in [-0.4, -0.2) is 19.1 Å². The Balaban J connectivity index is 2.17. The average molecular weight is 281 g/mol. The Labute approximate surface area is 122 Å². The van der Waals surface area contributed by atoms with Gasteiger partial charge in [0, 0.05) is 25.7 Å². The van der Waals surface area contributed by atoms with Crippen LogP contribution < -0.4 is 10.2 Å². The molecule has 2 rings (SSSR count). The molecule has 0 atom stereocenters. The number of nitrogens with one attached hydrogen (secondary N) is 1. The van der Waals surface area contributed by atoms with Gasteiger partial charge in [0.05, 0.1) is 10.7 Å². The van der Waals surface area contributed by atoms with E-state index in [-0.39, 0.29) is 0 Å². The zero-order chi connectivity index (χ0) is 13.7. The lowest BCUT2D eigenvalue weighted by atomic mass is 10.1. The van der Waals surface area contributed by atoms with Crippen molar-refractivity contribution in [1.29, 1.82) is 0 Å². The van der Waals surface area contributed by atoms with Crippen LogP contribution in [0, 0.1) is 0 Å². The minimum Gasteiger partial charge on any atom is -0.370 e. The standard InChI is InChI=1S/C16H25ClN2/c1-3-10-19(11-4-2)16-13(6-5-7-15(16)17)12-18-14-8-9-14/h5-7,14,18H,3-4,8-12H2,1-2H3. The van der Waals surface area contributed by atoms with E-state index in [0.717, 1.165) is 43.5 Å². The molecule has 1 aromatic carbocycles. The maximum atomic E-state index is 6.46. The van der Waals surface area contributed by atoms with Crippen LogP contribution in [0.4, 0.5) is 5.69 Å². The van der Waals surface area contributed by atoms with E-state index >= 15 is 0 Å². The molecule has 106 valence electrons. The first-order valence-corrected chi connectivity index (χ1v) is 7.89. The first-order valence-electron chi connectivity index (χ1n) is 7.52. The third-order valence-electron chi connectivity index (χ3n) is 3.53. The van der Waals surface area contributed by atoms with Gasteiger partial charge in [-0.1, -0.05) is 37.6 Å². The second kappa shape index (κ2) is 7.16. The Bertz CT molecular complexity index is 396. The van der Waals surface area contributed by atoms with Crippen molar-refractivity contribution >= 4 is 17.3 Å². The Hall–Kier alpha value is -0.730. The molecule has 1 aliphatic carbocycles. The third-order valence-corrected chi connectivity index (χ3v) is 3.84. The predicted molar refractivity (Wildman–Crippen MR) is 84.1 cm³/mol. The van der Waals surface area contributed by atoms with Crippen LogP contribution in [0.1, 0.15) is 45.1 Å². The lowest BCUT2D eigenvalue weighted by molar-refractivity contribution is 0.678. The molecule has 3 heteroatoms. The Morgan fingerprint density at radius 2 is 1.89 bits per heavy atom. The molecule has 0 spiro atoms. The minimum absolute atomic E-state index is 0.734. The molecule has 0 aliphatic heterocycles. The van der Waals surface area contributed by atoms with Gasteiger partial charge < -0.3 is 10.2 Å². The summed E-state index contributed by atoms with van der Waals surface area (Å²) in [6, 6.07) is 7.01. The summed E-state index contributed by atoms with van der Waals surface area (Å²) in [7, 11) is 0. The summed E-state index contributed by atoms with van der Waals surface area (Å²) >= 11 is 6.46. The van der Waals surface area contributed by atoms with Crippen molar-refractivity contribution < 1.29 is 0 Å². The molecule has 1 fully saturated rings. The number of nitrogens with zero attached hydrogens (tertiary/aromatic N) is 1. The summed E-state index contributed by atoms with van der Waals surface area (Å²) in [6.07, 6.45) is 4.95. The summed E-state index contributed by atoms with van der Waals surface area (Å²) in [6.45, 7) is 7.54. The molecule has 0 aromatic heterocycles. The summed E-state index contributed by atoms with van der Waals surface area (Å²) in [5.41, 5.74) is 2.57. The van der Waals surface area contributed by atoms with Crippen LogP contribution in [0.2, 0.25) is 5.02 Å². The number of para-hydroxylation sites is 1. The average Bonchev–Trinajstić information content (AvgIpc) is 3.20. The van der Waals surface area contributed by atoms with Gasteiger partial charge in [-0.15, -0.1) is 0 Å². The Morgan fingerprint density at radius 1 is 1.21 bits per heavy atom. The summed E-state index contributed by atoms with van der Waals surface area (Å²) in [4.78, 5) is 2.44. The highest BCUT2D eigenvalue weighted by atomic mass is 35.5. The SMILES string of the molecule is CCCN(CCC)c1c(Cl)cccc1CNC1CC1. The minimum atomic E-state index is 0.734. The van der Waals surface area contributed by atoms with Gasteiger partial charge in [-0.2, -0.15) is 0 Å². The molecule has 1 aromatic rings. The molecule has 0 radical (unpaired) electrons. The largest absolute Gasteiger partial charge is 0.370 e. The Kier molecular flexibility index (Phi) is 5.53. The van der Waals surface area contributed by atoms with Crippen molar-refractivity contribution in [2.75, 3.05) is 18.0 Å². The molecule has 1 N–H and O–H groups in total. The highest BCUT2D eigenvalue weighted by Crippen LogP contribution is 2.31. The number of hydrogen-bond donors (Lipinski definition) is 1. The number of rotatable bonds is 8. The zero-order valence-corrected chi connectivity index (χ0v) is 12.8. The molecule has 0 bridgehead atoms. The molecule has 2 nitrogen and oxygen atoms in total. The van der Waals surface area contributed by atoms with E-state index in [0.29, 0.717) is 0 Å². The third kappa shape index (κ3) is 4.12. The number of benzene rings is 1. The van der Waals surface area contributed by atoms with E-state index in [1.54, 1.807) is 0 Å². The number of hydrogen-bond acceptors (Lipinski definition) is 2. The van der Waals surface area contributed by atoms with Gasteiger partial charge in [0.25, 0.3) is 0 Å². The van der Waals surface area contributed by atoms with Crippen LogP contribution in [-0.2, 0) is 6.54 Å². The molecule has 0 unspecified atom stereocenters. The van der Waals surface area contributed by atoms with Crippen molar-refractivity contribution in [3.05, 3.63) is 28.8 Å². The van der Waals surface area contributed by atoms with Crippen LogP contribution >= 0.6 is 11.6 Å². The molecule has 0 amide bonds. The maximum absolute atomic E-state index is 6.46. The van der Waals surface area contributed by atoms with Crippen LogP contribution in [0.5, 0.6) is 0 Å². The van der Waals surface area contributed by atoms with E-state index in [4.69, 9.17) is 11.6 Å². The van der Waals surface area contributed by atoms with E-state index in [2.05, 4.69) is 36.2 Å². The highest BCUT2D eigenvalue weighted by molar-refractivity contribution is 6.33. The highest BCUT2D eigenvalue weighted by Gasteiger charge is 2.21. The first kappa shape index (κ1) is 14.7. The quantitative estimate of drug-likeness (QED) is 0.767. The van der Waals surface area contributed by atoms with Gasteiger partial charge >= 0.3 is 0 Å². The molecular formula is C16H25ClN2. The van der Waals surface area contributed by atoms with Crippen molar-refractivity contribution in [2.45, 2.75) is 52.1 Å². The van der Waals surface area contributed by atoms with Gasteiger partial charge in [0.2, 0.25) is 0 Å². The number of anilines is 1. The van der Waals surface area contributed by atoms with Crippen LogP contribution in [0.25, 0.3) is 0 Å². The van der Waals surface area contributed by atoms with Crippen molar-refractivity contribution in [3.8, 4) is 0 Å². The van der Waals surface area contributed by atoms with E-state index in [9.17, 15) is 0 Å². The van der Waals surface area contributed by atoms with Crippen molar-refractivity contribution in [3.63, 3.8) is 0 Å². The number of halogens is 1. The fourth-order valence-electron chi connectivity index (χ4n) is 2.47. The first-order chi connectivity index (χ1) is 9.26. The van der Waals surface area contributed by atoms with Gasteiger partial charge in [0.15, 0.2) is 0 Å². The summed E-state index contributed by atoms with van der Waals surface area (Å²) < 4.78 is 0. The second-order valence-corrected chi connectivity index (χ2v) is 5.80. The lowest BCUT2D eigenvalue weighted by Gasteiger charge is -2.27. The molecule has 1 saturated carbocycles. The summed E-state index contributed by atoms with van der Waals surface area (Å²) in [5, 5.41) is 4.48. The normalized spacial score (nSPS) is 14.7. The second-order valence-electron chi connectivity index (χ2n) is 5.39. The van der Waals surface area contributed by atoms with Crippen LogP contribution in [0.15, 0.2) is 18.2 Å². The van der Waals surface area contributed by atoms with E-state index in [1.807, 2.05) is 6.07 Å². The molecule has 0 heterocycles. The van der Waals surface area contributed by atoms with E-state index in [1.165, 1.54) is 24.1 Å². The zero-order valence-electron chi connectivity index (χ0n) is 12.1. The molecule has 0 saturated heterocycles. The van der Waals surface area contributed by atoms with Gasteiger partial charge in [-0.3, -0.25) is 0 Å². The maximum Gasteiger partial charge on any atom is 0.0642 e. The Morgan fingerprint density at radius 3 is 2.47 bits per heavy atom. The van der Waals surface area contributed by atoms with Gasteiger partial charge in [-0.25, -0.2) is 0 Å². The fourth-order valence-corrected chi connectivity index (χ4v) is 2.79. The molecule has 1 aliphatic rings. The van der Waals surface area contributed by atoms with E-state index < -0.39 is 0 Å². The topological polar surface area (TPSA) is 15.3 Å². The monoisotopic (exact) mass is 280 g/mol. The van der Waals surface area contributed by atoms with Gasteiger partial charge in [-0.05, 0) is 37.3 Å². The molecule has 19 heavy (non-hydrogen) atoms. The van der Waals surface area contributed by atoms with Crippen molar-refractivity contribution in [1.82, 2.24) is 5.32 Å². The summed E-state index contributed by atoms with van der Waals surface area (Å²) in [5.74, 6) is 0. The lowest BCUT2D eigenvalue weighted by Crippen LogP contribution is -2.27. The predicted octanol–water partition coefficient (Wildman–Crippen LogP) is 4.22. The molecular weight excluding hydrogens is 256 g/mol.